The van der Waals surface area contributed by atoms with Gasteiger partial charge in [-0.2, -0.15) is 5.10 Å². The summed E-state index contributed by atoms with van der Waals surface area (Å²) in [5.74, 6) is -2.87. The Bertz CT molecular complexity index is 994. The number of fused-ring (bicyclic) bond motifs is 4. The summed E-state index contributed by atoms with van der Waals surface area (Å²) in [6, 6.07) is 1.08. The minimum absolute atomic E-state index is 0. The molecule has 2 aromatic rings. The van der Waals surface area contributed by atoms with Crippen LogP contribution in [0.4, 0.5) is 4.39 Å². The average Bonchev–Trinajstić information content (AvgIpc) is 3.13. The summed E-state index contributed by atoms with van der Waals surface area (Å²) in [4.78, 5) is 39.9. The molecule has 0 atom stereocenters. The quantitative estimate of drug-likeness (QED) is 0.712. The van der Waals surface area contributed by atoms with Gasteiger partial charge in [-0.3, -0.25) is 9.59 Å². The molecule has 10 heteroatoms. The first-order valence-electron chi connectivity index (χ1n) is 9.43. The number of hydrogen-bond acceptors (Lipinski definition) is 6. The van der Waals surface area contributed by atoms with Gasteiger partial charge in [0.15, 0.2) is 17.2 Å². The number of amides is 1. The molecule has 0 aliphatic heterocycles. The van der Waals surface area contributed by atoms with Crippen molar-refractivity contribution in [2.45, 2.75) is 46.0 Å². The number of esters is 1. The molecular formula is C20H25FN4O5. The molecule has 9 nitrogen and oxygen atoms in total. The van der Waals surface area contributed by atoms with Crippen molar-refractivity contribution in [3.8, 4) is 0 Å². The lowest BCUT2D eigenvalue weighted by molar-refractivity contribution is -0.162. The summed E-state index contributed by atoms with van der Waals surface area (Å²) in [6.45, 7) is 0.388. The van der Waals surface area contributed by atoms with E-state index in [4.69, 9.17) is 4.74 Å². The van der Waals surface area contributed by atoms with Crippen LogP contribution in [0.5, 0.6) is 0 Å². The second kappa shape index (κ2) is 7.66. The third-order valence-corrected chi connectivity index (χ3v) is 6.52. The zero-order valence-electron chi connectivity index (χ0n) is 15.9. The lowest BCUT2D eigenvalue weighted by Gasteiger charge is -2.51. The first kappa shape index (κ1) is 21.7. The van der Waals surface area contributed by atoms with E-state index in [1.807, 2.05) is 0 Å². The highest BCUT2D eigenvalue weighted by Gasteiger charge is 2.53. The average molecular weight is 420 g/mol. The molecule has 2 bridgehead atoms. The van der Waals surface area contributed by atoms with Crippen LogP contribution in [0.25, 0.3) is 5.65 Å². The molecule has 3 aliphatic rings. The monoisotopic (exact) mass is 420 g/mol. The van der Waals surface area contributed by atoms with Gasteiger partial charge >= 0.3 is 11.9 Å². The second-order valence-corrected chi connectivity index (χ2v) is 8.01. The fraction of sp³-hybridized carbons (Fsp3) is 0.550. The number of nitrogens with zero attached hydrogens (tertiary/aromatic N) is 3. The van der Waals surface area contributed by atoms with Crippen LogP contribution in [0, 0.1) is 16.6 Å². The zero-order valence-corrected chi connectivity index (χ0v) is 15.9. The molecule has 162 valence electrons. The van der Waals surface area contributed by atoms with Gasteiger partial charge in [-0.25, -0.2) is 18.7 Å². The van der Waals surface area contributed by atoms with Crippen LogP contribution in [0.1, 0.15) is 66.9 Å². The van der Waals surface area contributed by atoms with E-state index in [0.717, 1.165) is 55.3 Å². The molecule has 0 unspecified atom stereocenters. The number of aromatic carboxylic acids is 1. The number of carboxylic acids is 1. The molecular weight excluding hydrogens is 395 g/mol. The predicted molar refractivity (Wildman–Crippen MR) is 104 cm³/mol. The fourth-order valence-electron chi connectivity index (χ4n) is 4.62. The summed E-state index contributed by atoms with van der Waals surface area (Å²) in [5, 5.41) is 15.8. The summed E-state index contributed by atoms with van der Waals surface area (Å²) in [6.07, 6.45) is 5.45. The van der Waals surface area contributed by atoms with Crippen molar-refractivity contribution in [2.24, 2.45) is 10.8 Å². The van der Waals surface area contributed by atoms with Crippen LogP contribution in [-0.4, -0.2) is 51.2 Å². The van der Waals surface area contributed by atoms with E-state index in [1.54, 1.807) is 0 Å². The molecule has 3 saturated carbocycles. The Kier molecular flexibility index (Phi) is 5.53. The van der Waals surface area contributed by atoms with E-state index in [2.05, 4.69) is 15.4 Å². The molecule has 3 fully saturated rings. The molecule has 0 radical (unpaired) electrons. The third-order valence-electron chi connectivity index (χ3n) is 6.52. The largest absolute Gasteiger partial charge is 0.477 e. The molecule has 1 amide bonds. The molecule has 2 N–H and O–H groups in total. The molecule has 2 aromatic heterocycles. The van der Waals surface area contributed by atoms with Crippen molar-refractivity contribution in [3.63, 3.8) is 0 Å². The Morgan fingerprint density at radius 1 is 1.23 bits per heavy atom. The van der Waals surface area contributed by atoms with Gasteiger partial charge in [0, 0.05) is 12.6 Å². The Labute approximate surface area is 172 Å². The third kappa shape index (κ3) is 3.40. The molecule has 0 aromatic carbocycles. The maximum Gasteiger partial charge on any atom is 0.354 e. The lowest BCUT2D eigenvalue weighted by atomic mass is 9.53. The fourth-order valence-corrected chi connectivity index (χ4v) is 4.62. The Morgan fingerprint density at radius 3 is 2.43 bits per heavy atom. The SMILES string of the molecule is C.COC(=O)C12CCC(CNC(=O)c3cc(C(=O)O)nc4c(F)cnn34)(CC1)CC2. The molecule has 30 heavy (non-hydrogen) atoms. The van der Waals surface area contributed by atoms with Crippen molar-refractivity contribution in [2.75, 3.05) is 13.7 Å². The summed E-state index contributed by atoms with van der Waals surface area (Å²) < 4.78 is 19.8. The number of ether oxygens (including phenoxy) is 1. The second-order valence-electron chi connectivity index (χ2n) is 8.01. The first-order valence-corrected chi connectivity index (χ1v) is 9.43. The lowest BCUT2D eigenvalue weighted by Crippen LogP contribution is -2.50. The number of nitrogens with one attached hydrogen (secondary N) is 1. The van der Waals surface area contributed by atoms with Crippen molar-refractivity contribution < 1.29 is 28.6 Å². The van der Waals surface area contributed by atoms with Crippen LogP contribution < -0.4 is 5.32 Å². The topological polar surface area (TPSA) is 123 Å². The van der Waals surface area contributed by atoms with Gasteiger partial charge in [-0.05, 0) is 43.9 Å². The highest BCUT2D eigenvalue weighted by atomic mass is 19.1. The first-order chi connectivity index (χ1) is 13.8. The molecule has 0 saturated heterocycles. The highest BCUT2D eigenvalue weighted by Crippen LogP contribution is 2.57. The van der Waals surface area contributed by atoms with Crippen LogP contribution >= 0.6 is 0 Å². The number of carboxylic acid groups (broad SMARTS) is 1. The van der Waals surface area contributed by atoms with E-state index in [9.17, 15) is 23.9 Å². The number of rotatable bonds is 5. The molecule has 0 spiro atoms. The molecule has 3 aliphatic carbocycles. The Morgan fingerprint density at radius 2 is 1.87 bits per heavy atom. The van der Waals surface area contributed by atoms with E-state index in [-0.39, 0.29) is 30.2 Å². The van der Waals surface area contributed by atoms with Gasteiger partial charge in [0.05, 0.1) is 18.7 Å². The van der Waals surface area contributed by atoms with E-state index >= 15 is 0 Å². The summed E-state index contributed by atoms with van der Waals surface area (Å²) in [7, 11) is 1.41. The summed E-state index contributed by atoms with van der Waals surface area (Å²) in [5.41, 5.74) is -1.35. The number of methoxy groups -OCH3 is 1. The zero-order chi connectivity index (χ0) is 20.8. The Hall–Kier alpha value is -3.04. The van der Waals surface area contributed by atoms with Crippen LogP contribution in [-0.2, 0) is 9.53 Å². The Balaban J connectivity index is 0.00000256. The van der Waals surface area contributed by atoms with E-state index in [0.29, 0.717) is 6.54 Å². The maximum absolute atomic E-state index is 13.9. The summed E-state index contributed by atoms with van der Waals surface area (Å²) >= 11 is 0. The van der Waals surface area contributed by atoms with Gasteiger partial charge in [0.25, 0.3) is 5.91 Å². The number of carbonyl (C=O) groups excluding carboxylic acids is 2. The smallest absolute Gasteiger partial charge is 0.354 e. The van der Waals surface area contributed by atoms with Gasteiger partial charge in [0.2, 0.25) is 0 Å². The van der Waals surface area contributed by atoms with Crippen molar-refractivity contribution in [1.29, 1.82) is 0 Å². The van der Waals surface area contributed by atoms with Gasteiger partial charge in [-0.15, -0.1) is 0 Å². The number of hydrogen-bond donors (Lipinski definition) is 2. The highest BCUT2D eigenvalue weighted by molar-refractivity contribution is 5.96. The van der Waals surface area contributed by atoms with Gasteiger partial charge in [0.1, 0.15) is 5.69 Å². The molecule has 2 heterocycles. The van der Waals surface area contributed by atoms with E-state index < -0.39 is 28.8 Å². The van der Waals surface area contributed by atoms with Crippen LogP contribution in [0.3, 0.4) is 0 Å². The van der Waals surface area contributed by atoms with Gasteiger partial charge in [-0.1, -0.05) is 7.43 Å². The predicted octanol–water partition coefficient (Wildman–Crippen LogP) is 2.45. The van der Waals surface area contributed by atoms with Crippen molar-refractivity contribution in [1.82, 2.24) is 19.9 Å². The molecule has 5 rings (SSSR count). The number of carbonyl (C=O) groups is 3. The standard InChI is InChI=1S/C19H21FN4O5.CH4/c1-29-17(28)19-5-2-18(3-6-19,4-7-19)10-21-15(25)13-8-12(16(26)27)23-14-11(20)9-22-24(13)14;/h8-9H,2-7,10H2,1H3,(H,21,25)(H,26,27);1H4. The van der Waals surface area contributed by atoms with Crippen LogP contribution in [0.15, 0.2) is 12.3 Å². The number of halogens is 1. The van der Waals surface area contributed by atoms with E-state index in [1.165, 1.54) is 7.11 Å². The minimum atomic E-state index is -1.36. The van der Waals surface area contributed by atoms with Crippen molar-refractivity contribution >= 4 is 23.5 Å². The normalized spacial score (nSPS) is 24.9. The maximum atomic E-state index is 13.9. The van der Waals surface area contributed by atoms with Crippen LogP contribution in [0.2, 0.25) is 0 Å². The van der Waals surface area contributed by atoms with Gasteiger partial charge < -0.3 is 15.2 Å². The number of aromatic nitrogens is 3. The van der Waals surface area contributed by atoms with Crippen molar-refractivity contribution in [3.05, 3.63) is 29.5 Å². The minimum Gasteiger partial charge on any atom is -0.477 e.